The number of hydrogen-bond donors (Lipinski definition) is 1. The molecule has 0 rings (SSSR count). The zero-order valence-corrected chi connectivity index (χ0v) is 35.0. The van der Waals surface area contributed by atoms with Crippen LogP contribution in [0.15, 0.2) is 72.9 Å². The summed E-state index contributed by atoms with van der Waals surface area (Å²) in [4.78, 5) is 12.2. The highest BCUT2D eigenvalue weighted by Crippen LogP contribution is 2.13. The van der Waals surface area contributed by atoms with E-state index in [4.69, 9.17) is 9.47 Å². The monoisotopic (exact) mass is 739 g/mol. The topological polar surface area (TPSA) is 55.8 Å². The second-order valence-electron chi connectivity index (χ2n) is 14.7. The molecule has 0 aromatic rings. The summed E-state index contributed by atoms with van der Waals surface area (Å²) in [7, 11) is 0. The van der Waals surface area contributed by atoms with Crippen molar-refractivity contribution >= 4 is 5.97 Å². The molecule has 4 nitrogen and oxygen atoms in total. The van der Waals surface area contributed by atoms with E-state index >= 15 is 0 Å². The molecule has 1 atom stereocenters. The van der Waals surface area contributed by atoms with E-state index in [1.165, 1.54) is 128 Å². The molecular weight excluding hydrogens is 653 g/mol. The zero-order chi connectivity index (χ0) is 38.4. The van der Waals surface area contributed by atoms with Gasteiger partial charge in [0.25, 0.3) is 0 Å². The summed E-state index contributed by atoms with van der Waals surface area (Å²) >= 11 is 0. The molecule has 306 valence electrons. The first-order valence-corrected chi connectivity index (χ1v) is 22.5. The Kier molecular flexibility index (Phi) is 44.1. The van der Waals surface area contributed by atoms with E-state index in [0.29, 0.717) is 13.0 Å². The van der Waals surface area contributed by atoms with Crippen molar-refractivity contribution in [2.24, 2.45) is 0 Å². The molecule has 0 saturated carbocycles. The van der Waals surface area contributed by atoms with Crippen LogP contribution < -0.4 is 0 Å². The van der Waals surface area contributed by atoms with Crippen LogP contribution in [0.4, 0.5) is 0 Å². The summed E-state index contributed by atoms with van der Waals surface area (Å²) in [6, 6.07) is 0. The molecule has 0 aliphatic rings. The van der Waals surface area contributed by atoms with E-state index in [9.17, 15) is 9.90 Å². The lowest BCUT2D eigenvalue weighted by atomic mass is 10.0. The quantitative estimate of drug-likeness (QED) is 0.0385. The molecule has 0 aromatic carbocycles. The molecule has 0 fully saturated rings. The molecule has 0 radical (unpaired) electrons. The molecular formula is C49H86O4. The summed E-state index contributed by atoms with van der Waals surface area (Å²) in [5.41, 5.74) is 0. The molecule has 0 amide bonds. The number of carbonyl (C=O) groups excluding carboxylic acids is 1. The first-order chi connectivity index (χ1) is 26.2. The third kappa shape index (κ3) is 44.1. The summed E-state index contributed by atoms with van der Waals surface area (Å²) < 4.78 is 11.2. The second-order valence-corrected chi connectivity index (χ2v) is 14.7. The smallest absolute Gasteiger partial charge is 0.306 e. The van der Waals surface area contributed by atoms with Gasteiger partial charge in [0, 0.05) is 13.0 Å². The average molecular weight is 739 g/mol. The molecule has 1 unspecified atom stereocenters. The maximum Gasteiger partial charge on any atom is 0.306 e. The van der Waals surface area contributed by atoms with Crippen LogP contribution in [-0.4, -0.2) is 37.0 Å². The molecule has 0 saturated heterocycles. The van der Waals surface area contributed by atoms with Gasteiger partial charge in [0.1, 0.15) is 6.10 Å². The Hall–Kier alpha value is -2.17. The molecule has 0 aromatic heterocycles. The predicted octanol–water partition coefficient (Wildman–Crippen LogP) is 15.0. The first-order valence-electron chi connectivity index (χ1n) is 22.5. The van der Waals surface area contributed by atoms with Crippen LogP contribution in [0.3, 0.4) is 0 Å². The lowest BCUT2D eigenvalue weighted by Gasteiger charge is -2.15. The SMILES string of the molecule is CC/C=C\C/C=C\C/C=C\CCCCCCCCOCC(CO)OC(=O)CCCCCCCCCCCC/C=C\C/C=C\C/C=C\CCCCCCC. The Labute approximate surface area is 329 Å². The van der Waals surface area contributed by atoms with Gasteiger partial charge < -0.3 is 14.6 Å². The Morgan fingerprint density at radius 2 is 0.849 bits per heavy atom. The fourth-order valence-electron chi connectivity index (χ4n) is 6.17. The second kappa shape index (κ2) is 46.0. The lowest BCUT2D eigenvalue weighted by molar-refractivity contribution is -0.154. The molecule has 53 heavy (non-hydrogen) atoms. The third-order valence-corrected chi connectivity index (χ3v) is 9.52. The molecule has 0 aliphatic heterocycles. The summed E-state index contributed by atoms with van der Waals surface area (Å²) in [6.45, 7) is 5.19. The van der Waals surface area contributed by atoms with Crippen LogP contribution >= 0.6 is 0 Å². The summed E-state index contributed by atoms with van der Waals surface area (Å²) in [6.07, 6.45) is 62.5. The van der Waals surface area contributed by atoms with E-state index in [1.807, 2.05) is 0 Å². The fourth-order valence-corrected chi connectivity index (χ4v) is 6.17. The highest BCUT2D eigenvalue weighted by atomic mass is 16.6. The molecule has 4 heteroatoms. The number of allylic oxidation sites excluding steroid dienone is 12. The van der Waals surface area contributed by atoms with Crippen molar-refractivity contribution in [1.82, 2.24) is 0 Å². The van der Waals surface area contributed by atoms with Crippen LogP contribution in [-0.2, 0) is 14.3 Å². The van der Waals surface area contributed by atoms with Gasteiger partial charge in [-0.15, -0.1) is 0 Å². The molecule has 0 bridgehead atoms. The molecule has 0 heterocycles. The highest BCUT2D eigenvalue weighted by molar-refractivity contribution is 5.69. The van der Waals surface area contributed by atoms with Gasteiger partial charge in [0.15, 0.2) is 0 Å². The number of carbonyl (C=O) groups is 1. The zero-order valence-electron chi connectivity index (χ0n) is 35.0. The number of hydrogen-bond acceptors (Lipinski definition) is 4. The van der Waals surface area contributed by atoms with Gasteiger partial charge in [0.05, 0.1) is 13.2 Å². The largest absolute Gasteiger partial charge is 0.457 e. The summed E-state index contributed by atoms with van der Waals surface area (Å²) in [5, 5.41) is 9.61. The normalized spacial score (nSPS) is 13.0. The maximum atomic E-state index is 12.2. The molecule has 0 spiro atoms. The molecule has 0 aliphatic carbocycles. The van der Waals surface area contributed by atoms with Gasteiger partial charge in [-0.1, -0.05) is 189 Å². The Morgan fingerprint density at radius 3 is 1.28 bits per heavy atom. The van der Waals surface area contributed by atoms with Crippen molar-refractivity contribution in [3.63, 3.8) is 0 Å². The first kappa shape index (κ1) is 50.8. The summed E-state index contributed by atoms with van der Waals surface area (Å²) in [5.74, 6) is -0.211. The van der Waals surface area contributed by atoms with Crippen molar-refractivity contribution in [3.8, 4) is 0 Å². The Morgan fingerprint density at radius 1 is 0.472 bits per heavy atom. The van der Waals surface area contributed by atoms with Gasteiger partial charge in [0.2, 0.25) is 0 Å². The van der Waals surface area contributed by atoms with Gasteiger partial charge in [-0.05, 0) is 83.5 Å². The van der Waals surface area contributed by atoms with Crippen molar-refractivity contribution in [3.05, 3.63) is 72.9 Å². The Balaban J connectivity index is 3.47. The van der Waals surface area contributed by atoms with Crippen LogP contribution in [0.25, 0.3) is 0 Å². The van der Waals surface area contributed by atoms with E-state index in [0.717, 1.165) is 57.8 Å². The van der Waals surface area contributed by atoms with Crippen molar-refractivity contribution < 1.29 is 19.4 Å². The number of unbranched alkanes of at least 4 members (excludes halogenated alkanes) is 21. The highest BCUT2D eigenvalue weighted by Gasteiger charge is 2.13. The fraction of sp³-hybridized carbons (Fsp3) is 0.735. The van der Waals surface area contributed by atoms with Gasteiger partial charge in [-0.3, -0.25) is 4.79 Å². The van der Waals surface area contributed by atoms with E-state index in [1.54, 1.807) is 0 Å². The van der Waals surface area contributed by atoms with Crippen molar-refractivity contribution in [2.45, 2.75) is 213 Å². The van der Waals surface area contributed by atoms with E-state index in [2.05, 4.69) is 86.8 Å². The predicted molar refractivity (Wildman–Crippen MR) is 232 cm³/mol. The number of esters is 1. The van der Waals surface area contributed by atoms with Gasteiger partial charge in [-0.2, -0.15) is 0 Å². The van der Waals surface area contributed by atoms with Gasteiger partial charge >= 0.3 is 5.97 Å². The van der Waals surface area contributed by atoms with Crippen LogP contribution in [0.1, 0.15) is 206 Å². The van der Waals surface area contributed by atoms with Crippen LogP contribution in [0.5, 0.6) is 0 Å². The standard InChI is InChI=1S/C49H86O4/c1-3-5-7-9-11-13-15-17-19-21-22-23-24-25-26-27-28-29-30-32-34-36-38-40-42-44-49(51)53-48(46-50)47-52-45-43-41-39-37-35-33-31-20-18-16-14-12-10-8-6-4-2/h6,8,12,14-15,17-18,20-22,24-25,48,50H,3-5,7,9-11,13,16,19,23,26-47H2,1-2H3/b8-6-,14-12-,17-15-,20-18-,22-21-,25-24-. The minimum atomic E-state index is -0.547. The lowest BCUT2D eigenvalue weighted by Crippen LogP contribution is -2.27. The van der Waals surface area contributed by atoms with Crippen molar-refractivity contribution in [2.75, 3.05) is 19.8 Å². The number of ether oxygens (including phenoxy) is 2. The number of aliphatic hydroxyl groups excluding tert-OH is 1. The van der Waals surface area contributed by atoms with Gasteiger partial charge in [-0.25, -0.2) is 0 Å². The van der Waals surface area contributed by atoms with Crippen molar-refractivity contribution in [1.29, 1.82) is 0 Å². The maximum absolute atomic E-state index is 12.2. The van der Waals surface area contributed by atoms with Crippen LogP contribution in [0.2, 0.25) is 0 Å². The minimum Gasteiger partial charge on any atom is -0.457 e. The molecule has 1 N–H and O–H groups in total. The minimum absolute atomic E-state index is 0.182. The number of aliphatic hydroxyl groups is 1. The third-order valence-electron chi connectivity index (χ3n) is 9.52. The average Bonchev–Trinajstić information content (AvgIpc) is 3.16. The van der Waals surface area contributed by atoms with E-state index < -0.39 is 6.10 Å². The Bertz CT molecular complexity index is 911. The van der Waals surface area contributed by atoms with E-state index in [-0.39, 0.29) is 19.2 Å². The number of rotatable bonds is 41. The van der Waals surface area contributed by atoms with Crippen LogP contribution in [0, 0.1) is 0 Å².